The van der Waals surface area contributed by atoms with E-state index in [0.29, 0.717) is 0 Å². The number of hydrogen-bond acceptors (Lipinski definition) is 2. The molecule has 2 rings (SSSR count). The summed E-state index contributed by atoms with van der Waals surface area (Å²) in [5.41, 5.74) is 0. The summed E-state index contributed by atoms with van der Waals surface area (Å²) >= 11 is 0. The average molecular weight is 269 g/mol. The Morgan fingerprint density at radius 3 is 2.12 bits per heavy atom. The third kappa shape index (κ3) is 4.06. The van der Waals surface area contributed by atoms with Crippen LogP contribution < -0.4 is 5.32 Å². The first kappa shape index (κ1) is 16.5. The van der Waals surface area contributed by atoms with Crippen LogP contribution in [0, 0.1) is 5.92 Å². The molecule has 0 aromatic carbocycles. The Morgan fingerprint density at radius 1 is 1.00 bits per heavy atom. The summed E-state index contributed by atoms with van der Waals surface area (Å²) in [5.74, 6) is 0.966. The molecule has 2 fully saturated rings. The molecule has 0 spiro atoms. The van der Waals surface area contributed by atoms with E-state index >= 15 is 0 Å². The van der Waals surface area contributed by atoms with Crippen LogP contribution in [0.3, 0.4) is 0 Å². The lowest BCUT2D eigenvalue weighted by atomic mass is 9.97. The fraction of sp³-hybridized carbons (Fsp3) is 1.00. The van der Waals surface area contributed by atoms with Crippen molar-refractivity contribution in [3.05, 3.63) is 0 Å². The molecule has 1 heterocycles. The molecule has 2 unspecified atom stereocenters. The standard InChI is InChI=1S/C12H24N2.2ClH/c1-10-5-7-14(8-6-10)12-4-3-11(9-12)13-2;;/h10-13H,3-9H2,1-2H3;2*1H. The number of nitrogens with zero attached hydrogens (tertiary/aromatic N) is 1. The number of piperidine rings is 1. The molecule has 2 nitrogen and oxygen atoms in total. The van der Waals surface area contributed by atoms with Gasteiger partial charge in [-0.1, -0.05) is 6.92 Å². The summed E-state index contributed by atoms with van der Waals surface area (Å²) in [5, 5.41) is 3.42. The first-order valence-corrected chi connectivity index (χ1v) is 6.21. The van der Waals surface area contributed by atoms with E-state index in [4.69, 9.17) is 0 Å². The Labute approximate surface area is 112 Å². The molecule has 1 saturated carbocycles. The maximum absolute atomic E-state index is 3.42. The molecule has 1 saturated heterocycles. The lowest BCUT2D eigenvalue weighted by Crippen LogP contribution is -2.40. The number of rotatable bonds is 2. The van der Waals surface area contributed by atoms with Gasteiger partial charge in [-0.2, -0.15) is 0 Å². The molecule has 2 aliphatic rings. The third-order valence-electron chi connectivity index (χ3n) is 4.15. The van der Waals surface area contributed by atoms with Gasteiger partial charge in [0.05, 0.1) is 0 Å². The zero-order valence-corrected chi connectivity index (χ0v) is 12.1. The second-order valence-electron chi connectivity index (χ2n) is 5.17. The fourth-order valence-corrected chi connectivity index (χ4v) is 2.95. The maximum atomic E-state index is 3.42. The van der Waals surface area contributed by atoms with Gasteiger partial charge in [0, 0.05) is 12.1 Å². The summed E-state index contributed by atoms with van der Waals surface area (Å²) < 4.78 is 0. The van der Waals surface area contributed by atoms with E-state index in [-0.39, 0.29) is 24.8 Å². The van der Waals surface area contributed by atoms with Crippen molar-refractivity contribution in [1.82, 2.24) is 10.2 Å². The molecule has 0 bridgehead atoms. The summed E-state index contributed by atoms with van der Waals surface area (Å²) in [6.45, 7) is 5.09. The van der Waals surface area contributed by atoms with E-state index in [0.717, 1.165) is 18.0 Å². The Balaban J connectivity index is 0.00000112. The van der Waals surface area contributed by atoms with Crippen molar-refractivity contribution >= 4 is 24.8 Å². The van der Waals surface area contributed by atoms with Crippen molar-refractivity contribution in [1.29, 1.82) is 0 Å². The van der Waals surface area contributed by atoms with Crippen LogP contribution in [0.1, 0.15) is 39.0 Å². The highest BCUT2D eigenvalue weighted by Crippen LogP contribution is 2.27. The van der Waals surface area contributed by atoms with Crippen LogP contribution >= 0.6 is 24.8 Å². The predicted octanol–water partition coefficient (Wildman–Crippen LogP) is 2.70. The van der Waals surface area contributed by atoms with Crippen LogP contribution in [0.5, 0.6) is 0 Å². The van der Waals surface area contributed by atoms with Gasteiger partial charge in [0.1, 0.15) is 0 Å². The monoisotopic (exact) mass is 268 g/mol. The van der Waals surface area contributed by atoms with Crippen LogP contribution in [0.4, 0.5) is 0 Å². The van der Waals surface area contributed by atoms with E-state index < -0.39 is 0 Å². The topological polar surface area (TPSA) is 15.3 Å². The van der Waals surface area contributed by atoms with Crippen molar-refractivity contribution in [3.8, 4) is 0 Å². The molecule has 1 aliphatic carbocycles. The van der Waals surface area contributed by atoms with Crippen LogP contribution in [-0.4, -0.2) is 37.1 Å². The predicted molar refractivity (Wildman–Crippen MR) is 75.0 cm³/mol. The minimum Gasteiger partial charge on any atom is -0.317 e. The summed E-state index contributed by atoms with van der Waals surface area (Å²) in [7, 11) is 2.10. The Morgan fingerprint density at radius 2 is 1.62 bits per heavy atom. The van der Waals surface area contributed by atoms with Crippen LogP contribution in [-0.2, 0) is 0 Å². The highest BCUT2D eigenvalue weighted by molar-refractivity contribution is 5.85. The average Bonchev–Trinajstić information content (AvgIpc) is 2.67. The molecule has 2 atom stereocenters. The number of nitrogens with one attached hydrogen (secondary N) is 1. The normalized spacial score (nSPS) is 31.9. The summed E-state index contributed by atoms with van der Waals surface area (Å²) in [6.07, 6.45) is 7.01. The van der Waals surface area contributed by atoms with Gasteiger partial charge in [-0.3, -0.25) is 0 Å². The third-order valence-corrected chi connectivity index (χ3v) is 4.15. The Bertz CT molecular complexity index is 182. The second-order valence-corrected chi connectivity index (χ2v) is 5.17. The summed E-state index contributed by atoms with van der Waals surface area (Å²) in [4.78, 5) is 2.73. The van der Waals surface area contributed by atoms with Gasteiger partial charge in [0.2, 0.25) is 0 Å². The Kier molecular flexibility index (Phi) is 8.00. The SMILES string of the molecule is CNC1CCC(N2CCC(C)CC2)C1.Cl.Cl. The minimum absolute atomic E-state index is 0. The number of halogens is 2. The van der Waals surface area contributed by atoms with Crippen LogP contribution in [0.15, 0.2) is 0 Å². The van der Waals surface area contributed by atoms with Gasteiger partial charge in [-0.15, -0.1) is 24.8 Å². The molecule has 0 aromatic rings. The molecular formula is C12H26Cl2N2. The molecular weight excluding hydrogens is 243 g/mol. The zero-order chi connectivity index (χ0) is 9.97. The smallest absolute Gasteiger partial charge is 0.0111 e. The van der Waals surface area contributed by atoms with Crippen molar-refractivity contribution in [2.45, 2.75) is 51.1 Å². The minimum atomic E-state index is 0. The lowest BCUT2D eigenvalue weighted by Gasteiger charge is -2.35. The van der Waals surface area contributed by atoms with Crippen molar-refractivity contribution in [3.63, 3.8) is 0 Å². The zero-order valence-electron chi connectivity index (χ0n) is 10.4. The molecule has 0 radical (unpaired) electrons. The van der Waals surface area contributed by atoms with Crippen LogP contribution in [0.25, 0.3) is 0 Å². The first-order chi connectivity index (χ1) is 6.79. The Hall–Kier alpha value is 0.500. The van der Waals surface area contributed by atoms with E-state index in [1.165, 1.54) is 45.2 Å². The van der Waals surface area contributed by atoms with Gasteiger partial charge in [-0.05, 0) is 58.2 Å². The van der Waals surface area contributed by atoms with Gasteiger partial charge < -0.3 is 10.2 Å². The van der Waals surface area contributed by atoms with E-state index in [2.05, 4.69) is 24.2 Å². The molecule has 0 amide bonds. The quantitative estimate of drug-likeness (QED) is 0.829. The van der Waals surface area contributed by atoms with Gasteiger partial charge in [-0.25, -0.2) is 0 Å². The van der Waals surface area contributed by atoms with Gasteiger partial charge >= 0.3 is 0 Å². The van der Waals surface area contributed by atoms with E-state index in [1.807, 2.05) is 0 Å². The highest BCUT2D eigenvalue weighted by Gasteiger charge is 2.29. The van der Waals surface area contributed by atoms with Crippen molar-refractivity contribution < 1.29 is 0 Å². The van der Waals surface area contributed by atoms with Gasteiger partial charge in [0.15, 0.2) is 0 Å². The first-order valence-electron chi connectivity index (χ1n) is 6.21. The largest absolute Gasteiger partial charge is 0.317 e. The molecule has 1 aliphatic heterocycles. The van der Waals surface area contributed by atoms with Crippen LogP contribution in [0.2, 0.25) is 0 Å². The fourth-order valence-electron chi connectivity index (χ4n) is 2.95. The van der Waals surface area contributed by atoms with Crippen molar-refractivity contribution in [2.24, 2.45) is 5.92 Å². The molecule has 0 aromatic heterocycles. The molecule has 98 valence electrons. The number of likely N-dealkylation sites (tertiary alicyclic amines) is 1. The van der Waals surface area contributed by atoms with Gasteiger partial charge in [0.25, 0.3) is 0 Å². The van der Waals surface area contributed by atoms with E-state index in [1.54, 1.807) is 0 Å². The maximum Gasteiger partial charge on any atom is 0.0111 e. The highest BCUT2D eigenvalue weighted by atomic mass is 35.5. The lowest BCUT2D eigenvalue weighted by molar-refractivity contribution is 0.138. The number of hydrogen-bond donors (Lipinski definition) is 1. The molecule has 1 N–H and O–H groups in total. The van der Waals surface area contributed by atoms with E-state index in [9.17, 15) is 0 Å². The summed E-state index contributed by atoms with van der Waals surface area (Å²) in [6, 6.07) is 1.68. The molecule has 4 heteroatoms. The molecule has 16 heavy (non-hydrogen) atoms. The second kappa shape index (κ2) is 7.75. The van der Waals surface area contributed by atoms with Crippen molar-refractivity contribution in [2.75, 3.05) is 20.1 Å².